The van der Waals surface area contributed by atoms with Gasteiger partial charge in [0.25, 0.3) is 0 Å². The van der Waals surface area contributed by atoms with Gasteiger partial charge in [-0.25, -0.2) is 0 Å². The van der Waals surface area contributed by atoms with Crippen LogP contribution in [0.5, 0.6) is 0 Å². The zero-order valence-electron chi connectivity index (χ0n) is 10.8. The van der Waals surface area contributed by atoms with Crippen LogP contribution in [-0.2, 0) is 6.54 Å². The first-order valence-corrected chi connectivity index (χ1v) is 6.26. The molecule has 4 heteroatoms. The van der Waals surface area contributed by atoms with E-state index < -0.39 is 0 Å². The summed E-state index contributed by atoms with van der Waals surface area (Å²) in [6.07, 6.45) is 0. The summed E-state index contributed by atoms with van der Waals surface area (Å²) < 4.78 is 0.917. The molecular weight excluding hydrogens is 250 g/mol. The minimum Gasteiger partial charge on any atom is -1.00 e. The molecule has 18 heavy (non-hydrogen) atoms. The second-order valence-electron chi connectivity index (χ2n) is 5.51. The molecule has 1 aromatic rings. The Kier molecular flexibility index (Phi) is 5.60. The molecule has 3 nitrogen and oxygen atoms in total. The van der Waals surface area contributed by atoms with Crippen LogP contribution in [0.2, 0.25) is 0 Å². The Labute approximate surface area is 115 Å². The predicted octanol–water partition coefficient (Wildman–Crippen LogP) is -2.13. The molecule has 0 bridgehead atoms. The first-order valence-electron chi connectivity index (χ1n) is 6.26. The van der Waals surface area contributed by atoms with Crippen molar-refractivity contribution >= 4 is 0 Å². The van der Waals surface area contributed by atoms with Crippen LogP contribution in [0.25, 0.3) is 0 Å². The van der Waals surface area contributed by atoms with Gasteiger partial charge in [-0.05, 0) is 0 Å². The molecule has 102 valence electrons. The lowest BCUT2D eigenvalue weighted by Crippen LogP contribution is -3.00. The number of halogens is 1. The number of nitrogens with zero attached hydrogens (tertiary/aromatic N) is 1. The topological polar surface area (TPSA) is 40.5 Å². The lowest BCUT2D eigenvalue weighted by molar-refractivity contribution is -0.913. The SMILES string of the molecule is C[N+]1(Cc2ccccc2)CC(CO)C(CO)C1.[Cl-]. The molecule has 2 atom stereocenters. The monoisotopic (exact) mass is 271 g/mol. The maximum atomic E-state index is 9.34. The van der Waals surface area contributed by atoms with Gasteiger partial charge < -0.3 is 27.1 Å². The van der Waals surface area contributed by atoms with Crippen LogP contribution >= 0.6 is 0 Å². The fourth-order valence-electron chi connectivity index (χ4n) is 3.07. The molecule has 1 aliphatic rings. The summed E-state index contributed by atoms with van der Waals surface area (Å²) >= 11 is 0. The van der Waals surface area contributed by atoms with E-state index in [1.165, 1.54) is 5.56 Å². The van der Waals surface area contributed by atoms with Gasteiger partial charge >= 0.3 is 0 Å². The van der Waals surface area contributed by atoms with Crippen LogP contribution in [0.15, 0.2) is 30.3 Å². The Balaban J connectivity index is 0.00000162. The molecule has 0 amide bonds. The Morgan fingerprint density at radius 3 is 2.00 bits per heavy atom. The van der Waals surface area contributed by atoms with Gasteiger partial charge in [-0.1, -0.05) is 30.3 Å². The predicted molar refractivity (Wildman–Crippen MR) is 67.2 cm³/mol. The van der Waals surface area contributed by atoms with Gasteiger partial charge in [-0.3, -0.25) is 0 Å². The molecule has 2 N–H and O–H groups in total. The van der Waals surface area contributed by atoms with Crippen molar-refractivity contribution in [3.8, 4) is 0 Å². The molecule has 1 saturated heterocycles. The van der Waals surface area contributed by atoms with Crippen LogP contribution in [0.3, 0.4) is 0 Å². The van der Waals surface area contributed by atoms with Gasteiger partial charge in [0.05, 0.1) is 33.4 Å². The number of benzene rings is 1. The minimum absolute atomic E-state index is 0. The second-order valence-corrected chi connectivity index (χ2v) is 5.51. The molecule has 2 unspecified atom stereocenters. The molecule has 0 aliphatic carbocycles. The number of aliphatic hydroxyl groups excluding tert-OH is 2. The van der Waals surface area contributed by atoms with Crippen LogP contribution in [0.1, 0.15) is 5.56 Å². The minimum atomic E-state index is 0. The highest BCUT2D eigenvalue weighted by Crippen LogP contribution is 2.29. The van der Waals surface area contributed by atoms with Gasteiger partial charge in [0, 0.05) is 17.4 Å². The molecule has 0 radical (unpaired) electrons. The molecular formula is C14H22ClNO2. The van der Waals surface area contributed by atoms with E-state index in [2.05, 4.69) is 31.3 Å². The summed E-state index contributed by atoms with van der Waals surface area (Å²) in [4.78, 5) is 0. The summed E-state index contributed by atoms with van der Waals surface area (Å²) in [5, 5.41) is 18.7. The zero-order chi connectivity index (χ0) is 12.3. The number of quaternary nitrogens is 1. The van der Waals surface area contributed by atoms with Crippen LogP contribution < -0.4 is 12.4 Å². The Bertz CT molecular complexity index is 346. The summed E-state index contributed by atoms with van der Waals surface area (Å²) in [6.45, 7) is 3.27. The molecule has 1 heterocycles. The standard InChI is InChI=1S/C14H22NO2.ClH/c1-15(7-12-5-3-2-4-6-12)8-13(10-16)14(9-15)11-17;/h2-6,13-14,16-17H,7-11H2,1H3;1H/q+1;/p-1. The van der Waals surface area contributed by atoms with Crippen molar-refractivity contribution in [3.05, 3.63) is 35.9 Å². The van der Waals surface area contributed by atoms with Crippen molar-refractivity contribution in [2.24, 2.45) is 11.8 Å². The Hall–Kier alpha value is -0.610. The number of hydrogen-bond donors (Lipinski definition) is 2. The van der Waals surface area contributed by atoms with Crippen molar-refractivity contribution in [3.63, 3.8) is 0 Å². The van der Waals surface area contributed by atoms with Crippen molar-refractivity contribution in [1.29, 1.82) is 0 Å². The average molecular weight is 272 g/mol. The number of rotatable bonds is 4. The quantitative estimate of drug-likeness (QED) is 0.614. The largest absolute Gasteiger partial charge is 1.00 e. The smallest absolute Gasteiger partial charge is 0.104 e. The molecule has 0 saturated carbocycles. The second kappa shape index (κ2) is 6.53. The summed E-state index contributed by atoms with van der Waals surface area (Å²) in [7, 11) is 2.21. The van der Waals surface area contributed by atoms with E-state index in [-0.39, 0.29) is 37.5 Å². The van der Waals surface area contributed by atoms with E-state index in [1.54, 1.807) is 0 Å². The average Bonchev–Trinajstić information content (AvgIpc) is 2.67. The Morgan fingerprint density at radius 2 is 1.56 bits per heavy atom. The van der Waals surface area contributed by atoms with Gasteiger partial charge in [-0.15, -0.1) is 0 Å². The van der Waals surface area contributed by atoms with Gasteiger partial charge in [0.2, 0.25) is 0 Å². The third-order valence-corrected chi connectivity index (χ3v) is 3.89. The van der Waals surface area contributed by atoms with E-state index in [9.17, 15) is 10.2 Å². The van der Waals surface area contributed by atoms with E-state index in [1.807, 2.05) is 6.07 Å². The highest BCUT2D eigenvalue weighted by atomic mass is 35.5. The van der Waals surface area contributed by atoms with Crippen LogP contribution in [0.4, 0.5) is 0 Å². The molecule has 1 aliphatic heterocycles. The molecule has 1 aromatic carbocycles. The van der Waals surface area contributed by atoms with Crippen molar-refractivity contribution in [2.75, 3.05) is 33.4 Å². The molecule has 2 rings (SSSR count). The highest BCUT2D eigenvalue weighted by molar-refractivity contribution is 5.13. The molecule has 1 fully saturated rings. The Morgan fingerprint density at radius 1 is 1.06 bits per heavy atom. The first kappa shape index (κ1) is 15.4. The molecule has 0 aromatic heterocycles. The van der Waals surface area contributed by atoms with Gasteiger partial charge in [-0.2, -0.15) is 0 Å². The van der Waals surface area contributed by atoms with E-state index in [0.29, 0.717) is 0 Å². The van der Waals surface area contributed by atoms with Crippen molar-refractivity contribution < 1.29 is 27.1 Å². The maximum Gasteiger partial charge on any atom is 0.104 e. The molecule has 0 spiro atoms. The number of aliphatic hydroxyl groups is 2. The third kappa shape index (κ3) is 3.45. The van der Waals surface area contributed by atoms with E-state index >= 15 is 0 Å². The number of likely N-dealkylation sites (tertiary alicyclic amines) is 1. The van der Waals surface area contributed by atoms with Crippen LogP contribution in [0, 0.1) is 11.8 Å². The normalized spacial score (nSPS) is 31.1. The zero-order valence-corrected chi connectivity index (χ0v) is 11.6. The number of hydrogen-bond acceptors (Lipinski definition) is 2. The maximum absolute atomic E-state index is 9.34. The van der Waals surface area contributed by atoms with E-state index in [0.717, 1.165) is 24.1 Å². The highest BCUT2D eigenvalue weighted by Gasteiger charge is 2.41. The van der Waals surface area contributed by atoms with E-state index in [4.69, 9.17) is 0 Å². The van der Waals surface area contributed by atoms with Crippen LogP contribution in [-0.4, -0.2) is 48.0 Å². The van der Waals surface area contributed by atoms with Gasteiger partial charge in [0.1, 0.15) is 6.54 Å². The fourth-order valence-corrected chi connectivity index (χ4v) is 3.07. The van der Waals surface area contributed by atoms with Gasteiger partial charge in [0.15, 0.2) is 0 Å². The first-order chi connectivity index (χ1) is 8.17. The summed E-state index contributed by atoms with van der Waals surface area (Å²) in [6, 6.07) is 10.4. The fraction of sp³-hybridized carbons (Fsp3) is 0.571. The lowest BCUT2D eigenvalue weighted by Gasteiger charge is -2.30. The third-order valence-electron chi connectivity index (χ3n) is 3.89. The lowest BCUT2D eigenvalue weighted by atomic mass is 9.98. The van der Waals surface area contributed by atoms with Crippen molar-refractivity contribution in [1.82, 2.24) is 0 Å². The summed E-state index contributed by atoms with van der Waals surface area (Å²) in [5.41, 5.74) is 1.32. The van der Waals surface area contributed by atoms with Crippen molar-refractivity contribution in [2.45, 2.75) is 6.54 Å². The summed E-state index contributed by atoms with van der Waals surface area (Å²) in [5.74, 6) is 0.488.